The molecule has 3 aromatic rings. The number of ether oxygens (including phenoxy) is 1. The Balaban J connectivity index is 1.44. The molecule has 2 aliphatic heterocycles. The highest BCUT2D eigenvalue weighted by molar-refractivity contribution is 7.15. The topological polar surface area (TPSA) is 55.3 Å². The van der Waals surface area contributed by atoms with Crippen molar-refractivity contribution in [2.45, 2.75) is 45.7 Å². The number of thiazole rings is 1. The smallest absolute Gasteiger partial charge is 0.274 e. The van der Waals surface area contributed by atoms with Crippen LogP contribution in [0, 0.1) is 31.5 Å². The second-order valence-electron chi connectivity index (χ2n) is 8.86. The SMILES string of the molecule is Cc1cccc(-c2sc(C)nc2C(=O)N2C3CC(C3)[C@@H](C)[C@H]2COc2ccc(F)cc2)n1. The zero-order valence-electron chi connectivity index (χ0n) is 18.4. The normalized spacial score (nSPS) is 24.2. The van der Waals surface area contributed by atoms with E-state index in [4.69, 9.17) is 4.74 Å². The van der Waals surface area contributed by atoms with Gasteiger partial charge < -0.3 is 9.64 Å². The number of pyridine rings is 1. The summed E-state index contributed by atoms with van der Waals surface area (Å²) in [5.41, 5.74) is 2.18. The zero-order valence-corrected chi connectivity index (χ0v) is 19.2. The van der Waals surface area contributed by atoms with E-state index in [9.17, 15) is 9.18 Å². The summed E-state index contributed by atoms with van der Waals surface area (Å²) in [7, 11) is 0. The number of benzene rings is 1. The van der Waals surface area contributed by atoms with Crippen LogP contribution in [-0.4, -0.2) is 39.5 Å². The van der Waals surface area contributed by atoms with Crippen molar-refractivity contribution in [2.75, 3.05) is 6.61 Å². The summed E-state index contributed by atoms with van der Waals surface area (Å²) in [6.45, 7) is 6.46. The van der Waals surface area contributed by atoms with Crippen LogP contribution in [0.5, 0.6) is 5.75 Å². The molecule has 1 aromatic carbocycles. The molecule has 0 radical (unpaired) electrons. The van der Waals surface area contributed by atoms with E-state index in [2.05, 4.69) is 16.9 Å². The third-order valence-electron chi connectivity index (χ3n) is 6.78. The minimum absolute atomic E-state index is 0.0460. The molecule has 2 bridgehead atoms. The van der Waals surface area contributed by atoms with E-state index in [0.29, 0.717) is 29.9 Å². The molecular weight excluding hydrogens is 425 g/mol. The van der Waals surface area contributed by atoms with Crippen LogP contribution >= 0.6 is 11.3 Å². The third kappa shape index (κ3) is 3.79. The van der Waals surface area contributed by atoms with Crippen LogP contribution < -0.4 is 4.74 Å². The summed E-state index contributed by atoms with van der Waals surface area (Å²) in [4.78, 5) is 26.0. The van der Waals surface area contributed by atoms with Crippen molar-refractivity contribution in [1.29, 1.82) is 0 Å². The van der Waals surface area contributed by atoms with Gasteiger partial charge in [0.2, 0.25) is 0 Å². The Labute approximate surface area is 191 Å². The first-order chi connectivity index (χ1) is 15.4. The Bertz CT molecular complexity index is 1140. The summed E-state index contributed by atoms with van der Waals surface area (Å²) in [6, 6.07) is 12.0. The average molecular weight is 452 g/mol. The first kappa shape index (κ1) is 21.1. The Morgan fingerprint density at radius 3 is 2.62 bits per heavy atom. The molecule has 1 saturated carbocycles. The molecule has 2 atom stereocenters. The van der Waals surface area contributed by atoms with Gasteiger partial charge in [-0.15, -0.1) is 11.3 Å². The Kier molecular flexibility index (Phi) is 5.45. The number of aryl methyl sites for hydroxylation is 2. The molecule has 4 heterocycles. The zero-order chi connectivity index (χ0) is 22.4. The highest BCUT2D eigenvalue weighted by Crippen LogP contribution is 2.47. The summed E-state index contributed by atoms with van der Waals surface area (Å²) >= 11 is 1.51. The van der Waals surface area contributed by atoms with Gasteiger partial charge in [-0.1, -0.05) is 13.0 Å². The minimum Gasteiger partial charge on any atom is -0.491 e. The molecular formula is C25H26FN3O2S. The number of rotatable bonds is 5. The highest BCUT2D eigenvalue weighted by Gasteiger charge is 2.51. The quantitative estimate of drug-likeness (QED) is 0.530. The fourth-order valence-electron chi connectivity index (χ4n) is 4.92. The van der Waals surface area contributed by atoms with Gasteiger partial charge in [-0.3, -0.25) is 9.78 Å². The molecule has 32 heavy (non-hydrogen) atoms. The van der Waals surface area contributed by atoms with Gasteiger partial charge in [-0.25, -0.2) is 9.37 Å². The number of amides is 1. The van der Waals surface area contributed by atoms with E-state index in [0.717, 1.165) is 34.1 Å². The first-order valence-corrected chi connectivity index (χ1v) is 11.8. The maximum absolute atomic E-state index is 13.9. The van der Waals surface area contributed by atoms with Crippen molar-refractivity contribution in [3.05, 3.63) is 64.7 Å². The van der Waals surface area contributed by atoms with E-state index in [-0.39, 0.29) is 23.8 Å². The molecule has 7 heteroatoms. The molecule has 166 valence electrons. The largest absolute Gasteiger partial charge is 0.491 e. The maximum atomic E-state index is 13.9. The van der Waals surface area contributed by atoms with Gasteiger partial charge in [-0.2, -0.15) is 0 Å². The van der Waals surface area contributed by atoms with Crippen molar-refractivity contribution in [3.63, 3.8) is 0 Å². The van der Waals surface area contributed by atoms with Crippen molar-refractivity contribution < 1.29 is 13.9 Å². The van der Waals surface area contributed by atoms with Gasteiger partial charge in [0, 0.05) is 11.7 Å². The Morgan fingerprint density at radius 1 is 1.16 bits per heavy atom. The Hall–Kier alpha value is -2.80. The summed E-state index contributed by atoms with van der Waals surface area (Å²) < 4.78 is 19.2. The molecule has 1 amide bonds. The number of carbonyl (C=O) groups is 1. The van der Waals surface area contributed by atoms with Crippen molar-refractivity contribution in [3.8, 4) is 16.3 Å². The monoisotopic (exact) mass is 451 g/mol. The molecule has 6 rings (SSSR count). The lowest BCUT2D eigenvalue weighted by atomic mass is 9.64. The molecule has 2 aromatic heterocycles. The minimum atomic E-state index is -0.294. The molecule has 0 unspecified atom stereocenters. The van der Waals surface area contributed by atoms with Gasteiger partial charge in [0.25, 0.3) is 5.91 Å². The van der Waals surface area contributed by atoms with Gasteiger partial charge in [0.15, 0.2) is 0 Å². The fourth-order valence-corrected chi connectivity index (χ4v) is 5.80. The van der Waals surface area contributed by atoms with Gasteiger partial charge in [-0.05, 0) is 74.9 Å². The van der Waals surface area contributed by atoms with Crippen molar-refractivity contribution >= 4 is 17.2 Å². The number of fused-ring (bicyclic) bond motifs is 2. The number of carbonyl (C=O) groups excluding carboxylic acids is 1. The number of aromatic nitrogens is 2. The van der Waals surface area contributed by atoms with Crippen LogP contribution in [0.25, 0.3) is 10.6 Å². The van der Waals surface area contributed by atoms with E-state index in [1.54, 1.807) is 12.1 Å². The predicted octanol–water partition coefficient (Wildman–Crippen LogP) is 5.28. The molecule has 0 N–H and O–H groups in total. The maximum Gasteiger partial charge on any atom is 0.274 e. The molecule has 3 fully saturated rings. The van der Waals surface area contributed by atoms with Crippen LogP contribution in [0.2, 0.25) is 0 Å². The number of nitrogens with zero attached hydrogens (tertiary/aromatic N) is 3. The van der Waals surface area contributed by atoms with Crippen molar-refractivity contribution in [2.24, 2.45) is 11.8 Å². The molecule has 1 aliphatic carbocycles. The van der Waals surface area contributed by atoms with Crippen LogP contribution in [0.4, 0.5) is 4.39 Å². The number of hydrogen-bond donors (Lipinski definition) is 0. The first-order valence-electron chi connectivity index (χ1n) is 11.0. The van der Waals surface area contributed by atoms with E-state index in [1.807, 2.05) is 36.9 Å². The molecule has 2 saturated heterocycles. The molecule has 3 aliphatic rings. The van der Waals surface area contributed by atoms with E-state index in [1.165, 1.54) is 23.5 Å². The predicted molar refractivity (Wildman–Crippen MR) is 122 cm³/mol. The van der Waals surface area contributed by atoms with E-state index < -0.39 is 0 Å². The van der Waals surface area contributed by atoms with Gasteiger partial charge >= 0.3 is 0 Å². The van der Waals surface area contributed by atoms with Crippen LogP contribution in [0.1, 0.15) is 41.0 Å². The lowest BCUT2D eigenvalue weighted by molar-refractivity contribution is -0.0672. The van der Waals surface area contributed by atoms with Crippen molar-refractivity contribution in [1.82, 2.24) is 14.9 Å². The van der Waals surface area contributed by atoms with Crippen LogP contribution in [-0.2, 0) is 0 Å². The molecule has 0 spiro atoms. The lowest BCUT2D eigenvalue weighted by Gasteiger charge is -2.57. The second kappa shape index (κ2) is 8.28. The van der Waals surface area contributed by atoms with Gasteiger partial charge in [0.05, 0.1) is 21.6 Å². The standard InChI is InChI=1S/C25H26FN3O2S/c1-14-5-4-6-21(27-14)24-23(28-16(3)32-24)25(30)29-19-11-17(12-19)15(2)22(29)13-31-20-9-7-18(26)8-10-20/h4-10,15,17,19,22H,11-13H2,1-3H3/t15-,17?,19?,22-/m1/s1. The summed E-state index contributed by atoms with van der Waals surface area (Å²) in [6.07, 6.45) is 2.06. The third-order valence-corrected chi connectivity index (χ3v) is 7.77. The lowest BCUT2D eigenvalue weighted by Crippen LogP contribution is -2.64. The van der Waals surface area contributed by atoms with Crippen LogP contribution in [0.3, 0.4) is 0 Å². The molecule has 5 nitrogen and oxygen atoms in total. The van der Waals surface area contributed by atoms with E-state index >= 15 is 0 Å². The fraction of sp³-hybridized carbons (Fsp3) is 0.400. The number of piperidine rings is 2. The Morgan fingerprint density at radius 2 is 1.91 bits per heavy atom. The number of hydrogen-bond acceptors (Lipinski definition) is 5. The second-order valence-corrected chi connectivity index (χ2v) is 10.1. The number of halogens is 1. The van der Waals surface area contributed by atoms with Crippen LogP contribution in [0.15, 0.2) is 42.5 Å². The van der Waals surface area contributed by atoms with Gasteiger partial charge in [0.1, 0.15) is 23.9 Å². The highest BCUT2D eigenvalue weighted by atomic mass is 32.1. The summed E-state index contributed by atoms with van der Waals surface area (Å²) in [5, 5.41) is 0.849. The summed E-state index contributed by atoms with van der Waals surface area (Å²) in [5.74, 6) is 1.21. The average Bonchev–Trinajstić information content (AvgIpc) is 3.14.